The van der Waals surface area contributed by atoms with Crippen LogP contribution in [0.3, 0.4) is 0 Å². The highest BCUT2D eigenvalue weighted by atomic mass is 16.4. The van der Waals surface area contributed by atoms with Crippen LogP contribution in [-0.4, -0.2) is 39.3 Å². The third-order valence-electron chi connectivity index (χ3n) is 4.29. The van der Waals surface area contributed by atoms with Crippen molar-refractivity contribution < 1.29 is 24.6 Å². The van der Waals surface area contributed by atoms with Crippen molar-refractivity contribution in [3.05, 3.63) is 76.9 Å². The first-order valence-corrected chi connectivity index (χ1v) is 8.02. The fourth-order valence-electron chi connectivity index (χ4n) is 3.04. The molecule has 6 heteroatoms. The lowest BCUT2D eigenvalue weighted by atomic mass is 9.95. The second-order valence-corrected chi connectivity index (χ2v) is 6.10. The van der Waals surface area contributed by atoms with E-state index in [0.717, 1.165) is 10.5 Å². The van der Waals surface area contributed by atoms with Gasteiger partial charge in [-0.1, -0.05) is 60.2 Å². The Morgan fingerprint density at radius 2 is 1.62 bits per heavy atom. The van der Waals surface area contributed by atoms with Gasteiger partial charge in [0.15, 0.2) is 0 Å². The van der Waals surface area contributed by atoms with Crippen molar-refractivity contribution in [3.8, 4) is 0 Å². The quantitative estimate of drug-likeness (QED) is 0.501. The Kier molecular flexibility index (Phi) is 4.58. The first-order valence-electron chi connectivity index (χ1n) is 8.02. The number of aliphatic hydroxyl groups is 1. The molecule has 1 atom stereocenters. The third kappa shape index (κ3) is 3.09. The highest BCUT2D eigenvalue weighted by molar-refractivity contribution is 6.46. The van der Waals surface area contributed by atoms with Crippen LogP contribution in [0.1, 0.15) is 22.7 Å². The van der Waals surface area contributed by atoms with Gasteiger partial charge in [-0.2, -0.15) is 0 Å². The summed E-state index contributed by atoms with van der Waals surface area (Å²) in [5.74, 6) is -3.38. The number of benzene rings is 2. The molecule has 132 valence electrons. The summed E-state index contributed by atoms with van der Waals surface area (Å²) in [4.78, 5) is 37.1. The van der Waals surface area contributed by atoms with Gasteiger partial charge in [0.1, 0.15) is 12.3 Å². The Hall–Kier alpha value is -3.41. The highest BCUT2D eigenvalue weighted by Crippen LogP contribution is 2.39. The molecule has 2 aromatic rings. The van der Waals surface area contributed by atoms with Gasteiger partial charge >= 0.3 is 5.97 Å². The summed E-state index contributed by atoms with van der Waals surface area (Å²) in [6.07, 6.45) is 0. The zero-order valence-corrected chi connectivity index (χ0v) is 14.0. The number of carboxylic acids is 1. The molecule has 0 bridgehead atoms. The minimum absolute atomic E-state index is 0.105. The van der Waals surface area contributed by atoms with Crippen molar-refractivity contribution in [3.63, 3.8) is 0 Å². The fourth-order valence-corrected chi connectivity index (χ4v) is 3.04. The van der Waals surface area contributed by atoms with Crippen LogP contribution in [-0.2, 0) is 14.4 Å². The van der Waals surface area contributed by atoms with Crippen LogP contribution in [0.15, 0.2) is 60.2 Å². The number of hydrogen-bond acceptors (Lipinski definition) is 4. The summed E-state index contributed by atoms with van der Waals surface area (Å²) >= 11 is 0. The number of rotatable bonds is 4. The van der Waals surface area contributed by atoms with E-state index in [9.17, 15) is 19.5 Å². The molecule has 1 fully saturated rings. The summed E-state index contributed by atoms with van der Waals surface area (Å²) in [6.45, 7) is 1.26. The van der Waals surface area contributed by atoms with E-state index < -0.39 is 30.2 Å². The van der Waals surface area contributed by atoms with Crippen LogP contribution >= 0.6 is 0 Å². The van der Waals surface area contributed by atoms with Gasteiger partial charge in [0.25, 0.3) is 11.7 Å². The number of aryl methyl sites for hydroxylation is 1. The average molecular weight is 351 g/mol. The SMILES string of the molecule is Cc1ccc(C2/C(=C(/O)c3ccccc3)C(=O)C(=O)N2CC(=O)O)cc1. The summed E-state index contributed by atoms with van der Waals surface area (Å²) < 4.78 is 0. The summed E-state index contributed by atoms with van der Waals surface area (Å²) in [7, 11) is 0. The number of aliphatic carboxylic acids is 1. The van der Waals surface area contributed by atoms with Crippen LogP contribution in [0.2, 0.25) is 0 Å². The molecule has 26 heavy (non-hydrogen) atoms. The van der Waals surface area contributed by atoms with Gasteiger partial charge in [-0.05, 0) is 12.5 Å². The number of ketones is 1. The zero-order chi connectivity index (χ0) is 18.8. The van der Waals surface area contributed by atoms with E-state index >= 15 is 0 Å². The average Bonchev–Trinajstić information content (AvgIpc) is 2.87. The molecule has 1 aliphatic heterocycles. The number of carboxylic acid groups (broad SMARTS) is 1. The minimum Gasteiger partial charge on any atom is -0.507 e. The zero-order valence-electron chi connectivity index (χ0n) is 14.0. The molecule has 1 unspecified atom stereocenters. The molecule has 2 N–H and O–H groups in total. The van der Waals surface area contributed by atoms with Crippen LogP contribution in [0, 0.1) is 6.92 Å². The van der Waals surface area contributed by atoms with Crippen molar-refractivity contribution in [2.45, 2.75) is 13.0 Å². The van der Waals surface area contributed by atoms with Crippen molar-refractivity contribution in [2.75, 3.05) is 6.54 Å². The van der Waals surface area contributed by atoms with E-state index in [-0.39, 0.29) is 11.3 Å². The Labute approximate surface area is 150 Å². The van der Waals surface area contributed by atoms with Gasteiger partial charge in [-0.25, -0.2) is 0 Å². The molecule has 6 nitrogen and oxygen atoms in total. The maximum absolute atomic E-state index is 12.6. The second-order valence-electron chi connectivity index (χ2n) is 6.10. The normalized spacial score (nSPS) is 19.0. The van der Waals surface area contributed by atoms with Gasteiger partial charge in [0.05, 0.1) is 11.6 Å². The van der Waals surface area contributed by atoms with Gasteiger partial charge in [0.2, 0.25) is 0 Å². The lowest BCUT2D eigenvalue weighted by molar-refractivity contribution is -0.146. The molecule has 0 saturated carbocycles. The Bertz CT molecular complexity index is 900. The van der Waals surface area contributed by atoms with Crippen molar-refractivity contribution in [2.24, 2.45) is 0 Å². The Balaban J connectivity index is 2.19. The second kappa shape index (κ2) is 6.84. The number of Topliss-reactive ketones (excluding diaryl/α,β-unsaturated/α-hetero) is 1. The lowest BCUT2D eigenvalue weighted by Crippen LogP contribution is -2.34. The maximum Gasteiger partial charge on any atom is 0.323 e. The van der Waals surface area contributed by atoms with Gasteiger partial charge in [-0.15, -0.1) is 0 Å². The van der Waals surface area contributed by atoms with Crippen molar-refractivity contribution >= 4 is 23.4 Å². The van der Waals surface area contributed by atoms with Gasteiger partial charge < -0.3 is 15.1 Å². The van der Waals surface area contributed by atoms with Crippen LogP contribution < -0.4 is 0 Å². The number of carbonyl (C=O) groups excluding carboxylic acids is 2. The van der Waals surface area contributed by atoms with E-state index in [4.69, 9.17) is 5.11 Å². The third-order valence-corrected chi connectivity index (χ3v) is 4.29. The van der Waals surface area contributed by atoms with E-state index in [1.807, 2.05) is 6.92 Å². The molecule has 0 aliphatic carbocycles. The molecule has 0 spiro atoms. The smallest absolute Gasteiger partial charge is 0.323 e. The standard InChI is InChI=1S/C20H17NO5/c1-12-7-9-13(10-8-12)17-16(18(24)14-5-3-2-4-6-14)19(25)20(26)21(17)11-15(22)23/h2-10,17,24H,11H2,1H3,(H,22,23)/b18-16-. The number of amides is 1. The molecule has 1 heterocycles. The predicted octanol–water partition coefficient (Wildman–Crippen LogP) is 2.50. The molecule has 0 aromatic heterocycles. The summed E-state index contributed by atoms with van der Waals surface area (Å²) in [5.41, 5.74) is 1.82. The predicted molar refractivity (Wildman–Crippen MR) is 94.3 cm³/mol. The molecule has 0 radical (unpaired) electrons. The van der Waals surface area contributed by atoms with Gasteiger partial charge in [-0.3, -0.25) is 14.4 Å². The molecular weight excluding hydrogens is 334 g/mol. The number of likely N-dealkylation sites (tertiary alicyclic amines) is 1. The van der Waals surface area contributed by atoms with Crippen LogP contribution in [0.25, 0.3) is 5.76 Å². The minimum atomic E-state index is -1.23. The fraction of sp³-hybridized carbons (Fsp3) is 0.150. The highest BCUT2D eigenvalue weighted by Gasteiger charge is 2.46. The molecular formula is C20H17NO5. The summed E-state index contributed by atoms with van der Waals surface area (Å²) in [5, 5.41) is 19.8. The number of hydrogen-bond donors (Lipinski definition) is 2. The monoisotopic (exact) mass is 351 g/mol. The maximum atomic E-state index is 12.6. The van der Waals surface area contributed by atoms with Gasteiger partial charge in [0, 0.05) is 5.56 Å². The van der Waals surface area contributed by atoms with Crippen molar-refractivity contribution in [1.82, 2.24) is 4.90 Å². The van der Waals surface area contributed by atoms with E-state index in [2.05, 4.69) is 0 Å². The van der Waals surface area contributed by atoms with E-state index in [1.54, 1.807) is 54.6 Å². The topological polar surface area (TPSA) is 94.9 Å². The number of aliphatic hydroxyl groups excluding tert-OH is 1. The Morgan fingerprint density at radius 3 is 2.19 bits per heavy atom. The first kappa shape index (κ1) is 17.4. The number of carbonyl (C=O) groups is 3. The molecule has 3 rings (SSSR count). The first-order chi connectivity index (χ1) is 12.4. The summed E-state index contributed by atoms with van der Waals surface area (Å²) in [6, 6.07) is 14.5. The molecule has 1 saturated heterocycles. The van der Waals surface area contributed by atoms with E-state index in [1.165, 1.54) is 0 Å². The Morgan fingerprint density at radius 1 is 1.00 bits per heavy atom. The number of nitrogens with zero attached hydrogens (tertiary/aromatic N) is 1. The van der Waals surface area contributed by atoms with Crippen LogP contribution in [0.4, 0.5) is 0 Å². The van der Waals surface area contributed by atoms with Crippen molar-refractivity contribution in [1.29, 1.82) is 0 Å². The lowest BCUT2D eigenvalue weighted by Gasteiger charge is -2.23. The molecule has 1 amide bonds. The van der Waals surface area contributed by atoms with E-state index in [0.29, 0.717) is 11.1 Å². The molecule has 1 aliphatic rings. The largest absolute Gasteiger partial charge is 0.507 e. The molecule has 2 aromatic carbocycles. The van der Waals surface area contributed by atoms with Crippen LogP contribution in [0.5, 0.6) is 0 Å².